The van der Waals surface area contributed by atoms with E-state index in [9.17, 15) is 0 Å². The van der Waals surface area contributed by atoms with Crippen LogP contribution < -0.4 is 5.32 Å². The van der Waals surface area contributed by atoms with Crippen molar-refractivity contribution in [2.45, 2.75) is 32.2 Å². The number of methoxy groups -OCH3 is 1. The van der Waals surface area contributed by atoms with Crippen LogP contribution in [0.2, 0.25) is 0 Å². The first-order chi connectivity index (χ1) is 6.79. The summed E-state index contributed by atoms with van der Waals surface area (Å²) in [6.45, 7) is 4.78. The summed E-state index contributed by atoms with van der Waals surface area (Å²) in [5.74, 6) is 0. The molecule has 1 aliphatic carbocycles. The molecule has 82 valence electrons. The molecule has 0 atom stereocenters. The maximum absolute atomic E-state index is 5.33. The Morgan fingerprint density at radius 2 is 2.29 bits per heavy atom. The summed E-state index contributed by atoms with van der Waals surface area (Å²) in [6.07, 6.45) is 3.75. The van der Waals surface area contributed by atoms with Gasteiger partial charge in [-0.3, -0.25) is 0 Å². The molecule has 1 aliphatic rings. The van der Waals surface area contributed by atoms with Gasteiger partial charge in [0.15, 0.2) is 5.11 Å². The second-order valence-corrected chi connectivity index (χ2v) is 4.04. The van der Waals surface area contributed by atoms with E-state index < -0.39 is 0 Å². The molecular weight excluding hydrogens is 196 g/mol. The molecule has 0 unspecified atom stereocenters. The smallest absolute Gasteiger partial charge is 0.169 e. The Hall–Kier alpha value is -0.350. The van der Waals surface area contributed by atoms with Crippen LogP contribution in [0.1, 0.15) is 26.2 Å². The van der Waals surface area contributed by atoms with Crippen molar-refractivity contribution in [1.82, 2.24) is 10.2 Å². The molecule has 1 N–H and O–H groups in total. The van der Waals surface area contributed by atoms with Crippen LogP contribution in [0.3, 0.4) is 0 Å². The van der Waals surface area contributed by atoms with E-state index in [0.717, 1.165) is 24.6 Å². The minimum atomic E-state index is 0.706. The molecule has 1 saturated carbocycles. The fourth-order valence-electron chi connectivity index (χ4n) is 1.44. The molecular formula is C10H20N2OS. The third kappa shape index (κ3) is 3.80. The van der Waals surface area contributed by atoms with Gasteiger partial charge in [0.2, 0.25) is 0 Å². The number of nitrogens with zero attached hydrogens (tertiary/aromatic N) is 1. The van der Waals surface area contributed by atoms with E-state index in [0.29, 0.717) is 12.6 Å². The van der Waals surface area contributed by atoms with E-state index in [1.807, 2.05) is 0 Å². The molecule has 0 heterocycles. The molecule has 3 nitrogen and oxygen atoms in total. The molecule has 0 aromatic heterocycles. The highest BCUT2D eigenvalue weighted by Crippen LogP contribution is 2.26. The minimum absolute atomic E-state index is 0.706. The molecule has 0 aromatic carbocycles. The summed E-state index contributed by atoms with van der Waals surface area (Å²) in [6, 6.07) is 0.706. The molecule has 0 aliphatic heterocycles. The van der Waals surface area contributed by atoms with Gasteiger partial charge in [-0.15, -0.1) is 0 Å². The predicted molar refractivity (Wildman–Crippen MR) is 62.5 cm³/mol. The molecule has 4 heteroatoms. The lowest BCUT2D eigenvalue weighted by atomic mass is 10.4. The summed E-state index contributed by atoms with van der Waals surface area (Å²) in [5.41, 5.74) is 0. The third-order valence-electron chi connectivity index (χ3n) is 2.30. The molecule has 0 aromatic rings. The van der Waals surface area contributed by atoms with Gasteiger partial charge in [-0.1, -0.05) is 6.92 Å². The monoisotopic (exact) mass is 216 g/mol. The van der Waals surface area contributed by atoms with Gasteiger partial charge in [-0.25, -0.2) is 0 Å². The molecule has 14 heavy (non-hydrogen) atoms. The van der Waals surface area contributed by atoms with Gasteiger partial charge in [0, 0.05) is 26.2 Å². The maximum atomic E-state index is 5.33. The molecule has 1 fully saturated rings. The quantitative estimate of drug-likeness (QED) is 0.535. The van der Waals surface area contributed by atoms with Gasteiger partial charge in [0.25, 0.3) is 0 Å². The first-order valence-electron chi connectivity index (χ1n) is 5.33. The molecule has 1 rings (SSSR count). The standard InChI is InChI=1S/C10H20N2OS/c1-3-7-12(9-4-5-9)10(14)11-6-8-13-2/h9H,3-8H2,1-2H3,(H,11,14). The summed E-state index contributed by atoms with van der Waals surface area (Å²) in [7, 11) is 1.70. The first kappa shape index (κ1) is 11.7. The molecule has 0 bridgehead atoms. The van der Waals surface area contributed by atoms with Gasteiger partial charge in [0.1, 0.15) is 0 Å². The lowest BCUT2D eigenvalue weighted by Crippen LogP contribution is -2.42. The Bertz CT molecular complexity index is 183. The highest BCUT2D eigenvalue weighted by molar-refractivity contribution is 7.80. The fraction of sp³-hybridized carbons (Fsp3) is 0.900. The van der Waals surface area contributed by atoms with Gasteiger partial charge in [0.05, 0.1) is 6.61 Å². The van der Waals surface area contributed by atoms with Crippen LogP contribution in [0.5, 0.6) is 0 Å². The van der Waals surface area contributed by atoms with E-state index in [4.69, 9.17) is 17.0 Å². The van der Waals surface area contributed by atoms with Crippen LogP contribution >= 0.6 is 12.2 Å². The maximum Gasteiger partial charge on any atom is 0.169 e. The average molecular weight is 216 g/mol. The second-order valence-electron chi connectivity index (χ2n) is 3.65. The zero-order valence-electron chi connectivity index (χ0n) is 9.08. The van der Waals surface area contributed by atoms with Crippen LogP contribution in [-0.4, -0.2) is 42.9 Å². The molecule has 0 amide bonds. The van der Waals surface area contributed by atoms with Crippen molar-refractivity contribution in [3.63, 3.8) is 0 Å². The zero-order chi connectivity index (χ0) is 10.4. The molecule has 0 spiro atoms. The number of hydrogen-bond acceptors (Lipinski definition) is 2. The van der Waals surface area contributed by atoms with Crippen LogP contribution in [0.4, 0.5) is 0 Å². The van der Waals surface area contributed by atoms with Crippen LogP contribution in [0.25, 0.3) is 0 Å². The van der Waals surface area contributed by atoms with Crippen LogP contribution in [0, 0.1) is 0 Å². The highest BCUT2D eigenvalue weighted by Gasteiger charge is 2.29. The van der Waals surface area contributed by atoms with E-state index in [2.05, 4.69) is 17.1 Å². The Morgan fingerprint density at radius 1 is 1.57 bits per heavy atom. The summed E-state index contributed by atoms with van der Waals surface area (Å²) in [5, 5.41) is 4.12. The van der Waals surface area contributed by atoms with Crippen molar-refractivity contribution in [1.29, 1.82) is 0 Å². The van der Waals surface area contributed by atoms with E-state index in [1.165, 1.54) is 12.8 Å². The summed E-state index contributed by atoms with van der Waals surface area (Å²) in [4.78, 5) is 2.31. The van der Waals surface area contributed by atoms with Crippen molar-refractivity contribution in [2.75, 3.05) is 26.8 Å². The predicted octanol–water partition coefficient (Wildman–Crippen LogP) is 1.38. The van der Waals surface area contributed by atoms with Gasteiger partial charge in [-0.05, 0) is 31.5 Å². The summed E-state index contributed by atoms with van der Waals surface area (Å²) < 4.78 is 4.97. The Morgan fingerprint density at radius 3 is 2.79 bits per heavy atom. The van der Waals surface area contributed by atoms with Gasteiger partial charge in [-0.2, -0.15) is 0 Å². The van der Waals surface area contributed by atoms with E-state index in [1.54, 1.807) is 7.11 Å². The number of rotatable bonds is 6. The van der Waals surface area contributed by atoms with Crippen molar-refractivity contribution >= 4 is 17.3 Å². The van der Waals surface area contributed by atoms with E-state index in [-0.39, 0.29) is 0 Å². The topological polar surface area (TPSA) is 24.5 Å². The highest BCUT2D eigenvalue weighted by atomic mass is 32.1. The van der Waals surface area contributed by atoms with Crippen LogP contribution in [0.15, 0.2) is 0 Å². The largest absolute Gasteiger partial charge is 0.383 e. The first-order valence-corrected chi connectivity index (χ1v) is 5.73. The van der Waals surface area contributed by atoms with Crippen LogP contribution in [-0.2, 0) is 4.74 Å². The number of ether oxygens (including phenoxy) is 1. The lowest BCUT2D eigenvalue weighted by molar-refractivity contribution is 0.203. The average Bonchev–Trinajstić information content (AvgIpc) is 2.98. The van der Waals surface area contributed by atoms with Crippen molar-refractivity contribution in [2.24, 2.45) is 0 Å². The van der Waals surface area contributed by atoms with Crippen molar-refractivity contribution < 1.29 is 4.74 Å². The van der Waals surface area contributed by atoms with Gasteiger partial charge < -0.3 is 15.0 Å². The Kier molecular flexibility index (Phi) is 5.19. The zero-order valence-corrected chi connectivity index (χ0v) is 9.90. The number of thiocarbonyl (C=S) groups is 1. The Balaban J connectivity index is 2.23. The fourth-order valence-corrected chi connectivity index (χ4v) is 1.78. The number of nitrogens with one attached hydrogen (secondary N) is 1. The van der Waals surface area contributed by atoms with E-state index >= 15 is 0 Å². The third-order valence-corrected chi connectivity index (χ3v) is 2.67. The van der Waals surface area contributed by atoms with Crippen molar-refractivity contribution in [3.8, 4) is 0 Å². The summed E-state index contributed by atoms with van der Waals surface area (Å²) >= 11 is 5.33. The van der Waals surface area contributed by atoms with Gasteiger partial charge >= 0.3 is 0 Å². The molecule has 0 radical (unpaired) electrons. The normalized spacial score (nSPS) is 15.3. The SMILES string of the molecule is CCCN(C(=S)NCCOC)C1CC1. The minimum Gasteiger partial charge on any atom is -0.383 e. The second kappa shape index (κ2) is 6.19. The Labute approximate surface area is 91.8 Å². The van der Waals surface area contributed by atoms with Crippen molar-refractivity contribution in [3.05, 3.63) is 0 Å². The lowest BCUT2D eigenvalue weighted by Gasteiger charge is -2.25. The number of hydrogen-bond donors (Lipinski definition) is 1. The molecule has 0 saturated heterocycles.